The zero-order chi connectivity index (χ0) is 14.7. The van der Waals surface area contributed by atoms with Crippen molar-refractivity contribution in [3.8, 4) is 0 Å². The Bertz CT molecular complexity index is 631. The minimum Gasteiger partial charge on any atom is -0.295 e. The van der Waals surface area contributed by atoms with Crippen LogP contribution < -0.4 is 0 Å². The van der Waals surface area contributed by atoms with E-state index in [1.54, 1.807) is 12.1 Å². The van der Waals surface area contributed by atoms with E-state index in [1.807, 2.05) is 44.2 Å². The molecule has 0 saturated carbocycles. The van der Waals surface area contributed by atoms with Crippen molar-refractivity contribution >= 4 is 11.6 Å². The van der Waals surface area contributed by atoms with Crippen LogP contribution in [0.3, 0.4) is 0 Å². The molecule has 2 heteroatoms. The Morgan fingerprint density at radius 3 is 1.95 bits per heavy atom. The minimum absolute atomic E-state index is 0.0395. The van der Waals surface area contributed by atoms with Crippen molar-refractivity contribution in [2.24, 2.45) is 0 Å². The lowest BCUT2D eigenvalue weighted by Gasteiger charge is -2.08. The van der Waals surface area contributed by atoms with E-state index in [4.69, 9.17) is 0 Å². The molecular formula is C18H18O2. The van der Waals surface area contributed by atoms with Crippen molar-refractivity contribution in [2.75, 3.05) is 0 Å². The molecule has 2 rings (SSSR count). The molecule has 0 aliphatic heterocycles. The molecular weight excluding hydrogens is 248 g/mol. The lowest BCUT2D eigenvalue weighted by atomic mass is 9.95. The van der Waals surface area contributed by atoms with Gasteiger partial charge in [0.25, 0.3) is 0 Å². The van der Waals surface area contributed by atoms with Crippen LogP contribution in [-0.4, -0.2) is 11.6 Å². The van der Waals surface area contributed by atoms with E-state index in [0.29, 0.717) is 12.0 Å². The van der Waals surface area contributed by atoms with Crippen LogP contribution in [0.2, 0.25) is 0 Å². The van der Waals surface area contributed by atoms with Crippen LogP contribution in [-0.2, 0) is 6.42 Å². The second-order valence-corrected chi connectivity index (χ2v) is 5.12. The van der Waals surface area contributed by atoms with Crippen molar-refractivity contribution in [3.63, 3.8) is 0 Å². The summed E-state index contributed by atoms with van der Waals surface area (Å²) >= 11 is 0. The monoisotopic (exact) mass is 266 g/mol. The Morgan fingerprint density at radius 2 is 1.45 bits per heavy atom. The van der Waals surface area contributed by atoms with Crippen molar-refractivity contribution in [2.45, 2.75) is 27.2 Å². The summed E-state index contributed by atoms with van der Waals surface area (Å²) in [7, 11) is 0. The van der Waals surface area contributed by atoms with Gasteiger partial charge in [-0.3, -0.25) is 9.59 Å². The molecule has 0 aliphatic carbocycles. The number of rotatable bonds is 4. The largest absolute Gasteiger partial charge is 0.295 e. The average Bonchev–Trinajstić information content (AvgIpc) is 2.39. The summed E-state index contributed by atoms with van der Waals surface area (Å²) in [6, 6.07) is 13.1. The Morgan fingerprint density at radius 1 is 0.900 bits per heavy atom. The lowest BCUT2D eigenvalue weighted by Crippen LogP contribution is -2.08. The van der Waals surface area contributed by atoms with E-state index in [1.165, 1.54) is 6.92 Å². The molecule has 0 aromatic heterocycles. The Balaban J connectivity index is 2.21. The summed E-state index contributed by atoms with van der Waals surface area (Å²) in [6.45, 7) is 5.45. The lowest BCUT2D eigenvalue weighted by molar-refractivity contribution is 0.0990. The van der Waals surface area contributed by atoms with Gasteiger partial charge in [-0.25, -0.2) is 0 Å². The maximum absolute atomic E-state index is 12.4. The molecule has 0 spiro atoms. The predicted molar refractivity (Wildman–Crippen MR) is 80.4 cm³/mol. The van der Waals surface area contributed by atoms with E-state index in [0.717, 1.165) is 22.3 Å². The average molecular weight is 266 g/mol. The van der Waals surface area contributed by atoms with E-state index in [-0.39, 0.29) is 11.6 Å². The maximum atomic E-state index is 12.4. The third kappa shape index (κ3) is 3.02. The van der Waals surface area contributed by atoms with Gasteiger partial charge < -0.3 is 0 Å². The molecule has 0 bridgehead atoms. The molecule has 0 amide bonds. The van der Waals surface area contributed by atoms with Gasteiger partial charge in [0.2, 0.25) is 0 Å². The molecule has 2 aromatic carbocycles. The van der Waals surface area contributed by atoms with Gasteiger partial charge >= 0.3 is 0 Å². The van der Waals surface area contributed by atoms with Gasteiger partial charge in [-0.05, 0) is 37.5 Å². The smallest absolute Gasteiger partial charge is 0.167 e. The molecule has 2 nitrogen and oxygen atoms in total. The molecule has 2 aromatic rings. The molecule has 0 fully saturated rings. The van der Waals surface area contributed by atoms with Gasteiger partial charge in [0.15, 0.2) is 11.6 Å². The summed E-state index contributed by atoms with van der Waals surface area (Å²) in [5.74, 6) is 0.161. The van der Waals surface area contributed by atoms with Crippen molar-refractivity contribution in [1.29, 1.82) is 0 Å². The summed E-state index contributed by atoms with van der Waals surface area (Å²) in [4.78, 5) is 23.6. The first-order valence-electron chi connectivity index (χ1n) is 6.68. The number of ketones is 2. The van der Waals surface area contributed by atoms with E-state index >= 15 is 0 Å². The highest BCUT2D eigenvalue weighted by atomic mass is 16.1. The highest BCUT2D eigenvalue weighted by molar-refractivity contribution is 6.00. The number of carbonyl (C=O) groups excluding carboxylic acids is 2. The fourth-order valence-electron chi connectivity index (χ4n) is 2.39. The van der Waals surface area contributed by atoms with Gasteiger partial charge in [0.1, 0.15) is 0 Å². The molecule has 0 saturated heterocycles. The number of hydrogen-bond acceptors (Lipinski definition) is 2. The van der Waals surface area contributed by atoms with Crippen molar-refractivity contribution < 1.29 is 9.59 Å². The number of Topliss-reactive ketones (excluding diaryl/α,β-unsaturated/α-hetero) is 2. The predicted octanol–water partition coefficient (Wildman–Crippen LogP) is 3.93. The van der Waals surface area contributed by atoms with Crippen molar-refractivity contribution in [1.82, 2.24) is 0 Å². The van der Waals surface area contributed by atoms with Crippen LogP contribution in [0.1, 0.15) is 44.3 Å². The number of aryl methyl sites for hydroxylation is 2. The first-order valence-corrected chi connectivity index (χ1v) is 6.68. The Kier molecular flexibility index (Phi) is 4.14. The zero-order valence-corrected chi connectivity index (χ0v) is 12.1. The van der Waals surface area contributed by atoms with E-state index in [9.17, 15) is 9.59 Å². The van der Waals surface area contributed by atoms with E-state index in [2.05, 4.69) is 0 Å². The number of hydrogen-bond donors (Lipinski definition) is 0. The third-order valence-electron chi connectivity index (χ3n) is 3.49. The zero-order valence-electron chi connectivity index (χ0n) is 12.1. The molecule has 20 heavy (non-hydrogen) atoms. The molecule has 0 N–H and O–H groups in total. The highest BCUT2D eigenvalue weighted by Crippen LogP contribution is 2.17. The number of carbonyl (C=O) groups is 2. The molecule has 0 unspecified atom stereocenters. The molecule has 0 heterocycles. The molecule has 0 atom stereocenters. The minimum atomic E-state index is 0.0395. The van der Waals surface area contributed by atoms with Crippen LogP contribution in [0.15, 0.2) is 42.5 Å². The van der Waals surface area contributed by atoms with Gasteiger partial charge in [0, 0.05) is 17.5 Å². The summed E-state index contributed by atoms with van der Waals surface area (Å²) in [5, 5.41) is 0. The standard InChI is InChI=1S/C18H18O2/c1-12-5-4-6-13(2)18(12)17(20)11-15-7-9-16(10-8-15)14(3)19/h4-10H,11H2,1-3H3. The quantitative estimate of drug-likeness (QED) is 0.786. The van der Waals surface area contributed by atoms with Crippen LogP contribution in [0.4, 0.5) is 0 Å². The van der Waals surface area contributed by atoms with Crippen LogP contribution >= 0.6 is 0 Å². The van der Waals surface area contributed by atoms with Crippen LogP contribution in [0.25, 0.3) is 0 Å². The summed E-state index contributed by atoms with van der Waals surface area (Å²) in [6.07, 6.45) is 0.365. The Hall–Kier alpha value is -2.22. The Labute approximate surface area is 119 Å². The first-order chi connectivity index (χ1) is 9.49. The molecule has 0 aliphatic rings. The topological polar surface area (TPSA) is 34.1 Å². The second kappa shape index (κ2) is 5.83. The summed E-state index contributed by atoms with van der Waals surface area (Å²) in [5.41, 5.74) is 4.43. The fraction of sp³-hybridized carbons (Fsp3) is 0.222. The van der Waals surface area contributed by atoms with Crippen LogP contribution in [0.5, 0.6) is 0 Å². The normalized spacial score (nSPS) is 10.3. The van der Waals surface area contributed by atoms with E-state index < -0.39 is 0 Å². The van der Waals surface area contributed by atoms with Gasteiger partial charge in [0.05, 0.1) is 0 Å². The molecule has 0 radical (unpaired) electrons. The second-order valence-electron chi connectivity index (χ2n) is 5.12. The maximum Gasteiger partial charge on any atom is 0.167 e. The molecule has 102 valence electrons. The van der Waals surface area contributed by atoms with Gasteiger partial charge in [-0.15, -0.1) is 0 Å². The summed E-state index contributed by atoms with van der Waals surface area (Å²) < 4.78 is 0. The SMILES string of the molecule is CC(=O)c1ccc(CC(=O)c2c(C)cccc2C)cc1. The van der Waals surface area contributed by atoms with Gasteiger partial charge in [-0.2, -0.15) is 0 Å². The van der Waals surface area contributed by atoms with Crippen LogP contribution in [0, 0.1) is 13.8 Å². The third-order valence-corrected chi connectivity index (χ3v) is 3.49. The van der Waals surface area contributed by atoms with Gasteiger partial charge in [-0.1, -0.05) is 42.5 Å². The number of benzene rings is 2. The first kappa shape index (κ1) is 14.2. The van der Waals surface area contributed by atoms with Crippen molar-refractivity contribution in [3.05, 3.63) is 70.3 Å². The fourth-order valence-corrected chi connectivity index (χ4v) is 2.39. The highest BCUT2D eigenvalue weighted by Gasteiger charge is 2.12.